The van der Waals surface area contributed by atoms with E-state index in [-0.39, 0.29) is 18.6 Å². The molecular weight excluding hydrogens is 208 g/mol. The molecule has 1 heterocycles. The zero-order chi connectivity index (χ0) is 11.0. The van der Waals surface area contributed by atoms with Gasteiger partial charge in [0.15, 0.2) is 9.84 Å². The molecule has 14 heavy (non-hydrogen) atoms. The molecule has 1 fully saturated rings. The van der Waals surface area contributed by atoms with Gasteiger partial charge >= 0.3 is 5.97 Å². The fourth-order valence-electron chi connectivity index (χ4n) is 1.82. The van der Waals surface area contributed by atoms with Gasteiger partial charge in [0.05, 0.1) is 17.6 Å². The molecule has 1 saturated heterocycles. The first-order valence-corrected chi connectivity index (χ1v) is 6.28. The Hall–Kier alpha value is -0.620. The number of aliphatic hydroxyl groups is 1. The van der Waals surface area contributed by atoms with E-state index in [1.54, 1.807) is 6.92 Å². The van der Waals surface area contributed by atoms with E-state index in [4.69, 9.17) is 5.11 Å². The third kappa shape index (κ3) is 1.76. The number of carboxylic acids is 1. The first-order chi connectivity index (χ1) is 6.34. The predicted molar refractivity (Wildman–Crippen MR) is 49.6 cm³/mol. The van der Waals surface area contributed by atoms with Gasteiger partial charge in [0.1, 0.15) is 5.41 Å². The molecule has 2 atom stereocenters. The maximum atomic E-state index is 11.3. The fraction of sp³-hybridized carbons (Fsp3) is 0.875. The van der Waals surface area contributed by atoms with E-state index >= 15 is 0 Å². The van der Waals surface area contributed by atoms with Crippen LogP contribution in [0.3, 0.4) is 0 Å². The van der Waals surface area contributed by atoms with Gasteiger partial charge in [0, 0.05) is 0 Å². The van der Waals surface area contributed by atoms with Crippen LogP contribution < -0.4 is 0 Å². The van der Waals surface area contributed by atoms with Gasteiger partial charge in [0.2, 0.25) is 0 Å². The van der Waals surface area contributed by atoms with Crippen molar-refractivity contribution in [2.75, 3.05) is 11.5 Å². The van der Waals surface area contributed by atoms with Crippen LogP contribution in [0.1, 0.15) is 19.8 Å². The highest BCUT2D eigenvalue weighted by Gasteiger charge is 2.50. The number of sulfone groups is 1. The average Bonchev–Trinajstić information content (AvgIpc) is 2.09. The molecule has 1 aliphatic rings. The summed E-state index contributed by atoms with van der Waals surface area (Å²) in [4.78, 5) is 11.0. The lowest BCUT2D eigenvalue weighted by molar-refractivity contribution is -0.155. The Kier molecular flexibility index (Phi) is 2.87. The Balaban J connectivity index is 3.09. The quantitative estimate of drug-likeness (QED) is 0.666. The van der Waals surface area contributed by atoms with Crippen molar-refractivity contribution in [3.8, 4) is 0 Å². The van der Waals surface area contributed by atoms with Gasteiger partial charge in [-0.2, -0.15) is 0 Å². The topological polar surface area (TPSA) is 91.7 Å². The summed E-state index contributed by atoms with van der Waals surface area (Å²) in [5, 5.41) is 18.5. The summed E-state index contributed by atoms with van der Waals surface area (Å²) in [5.74, 6) is -1.80. The minimum atomic E-state index is -3.32. The van der Waals surface area contributed by atoms with E-state index < -0.39 is 33.1 Å². The summed E-state index contributed by atoms with van der Waals surface area (Å²) in [6.45, 7) is 1.58. The first-order valence-electron chi connectivity index (χ1n) is 4.46. The van der Waals surface area contributed by atoms with Crippen molar-refractivity contribution < 1.29 is 23.4 Å². The maximum Gasteiger partial charge on any atom is 0.313 e. The summed E-state index contributed by atoms with van der Waals surface area (Å²) in [7, 11) is -3.32. The van der Waals surface area contributed by atoms with E-state index in [1.807, 2.05) is 0 Å². The molecule has 5 nitrogen and oxygen atoms in total. The van der Waals surface area contributed by atoms with Gasteiger partial charge in [-0.25, -0.2) is 8.42 Å². The van der Waals surface area contributed by atoms with Crippen LogP contribution in [0.15, 0.2) is 0 Å². The second kappa shape index (κ2) is 3.51. The summed E-state index contributed by atoms with van der Waals surface area (Å²) < 4.78 is 22.6. The molecule has 2 N–H and O–H groups in total. The summed E-state index contributed by atoms with van der Waals surface area (Å²) in [6, 6.07) is 0. The molecule has 0 spiro atoms. The number of aliphatic carboxylic acids is 1. The van der Waals surface area contributed by atoms with E-state index in [9.17, 15) is 18.3 Å². The van der Waals surface area contributed by atoms with Crippen LogP contribution in [0.2, 0.25) is 0 Å². The summed E-state index contributed by atoms with van der Waals surface area (Å²) in [5.41, 5.74) is -1.50. The van der Waals surface area contributed by atoms with E-state index in [2.05, 4.69) is 0 Å². The largest absolute Gasteiger partial charge is 0.481 e. The lowest BCUT2D eigenvalue weighted by Gasteiger charge is -2.36. The third-order valence-electron chi connectivity index (χ3n) is 2.87. The minimum absolute atomic E-state index is 0.0163. The van der Waals surface area contributed by atoms with Gasteiger partial charge in [-0.1, -0.05) is 6.92 Å². The normalized spacial score (nSPS) is 36.6. The molecule has 0 aromatic carbocycles. The Morgan fingerprint density at radius 1 is 1.57 bits per heavy atom. The fourth-order valence-corrected chi connectivity index (χ4v) is 3.85. The van der Waals surface area contributed by atoms with Gasteiger partial charge in [0.25, 0.3) is 0 Å². The van der Waals surface area contributed by atoms with Crippen molar-refractivity contribution in [3.05, 3.63) is 0 Å². The SMILES string of the molecule is CCC1(C(=O)O)CS(=O)(=O)CCC1O. The Bertz CT molecular complexity index is 334. The number of rotatable bonds is 2. The highest BCUT2D eigenvalue weighted by atomic mass is 32.2. The number of carbonyl (C=O) groups is 1. The van der Waals surface area contributed by atoms with Crippen LogP contribution in [-0.2, 0) is 14.6 Å². The monoisotopic (exact) mass is 222 g/mol. The van der Waals surface area contributed by atoms with Crippen molar-refractivity contribution in [2.45, 2.75) is 25.9 Å². The zero-order valence-electron chi connectivity index (χ0n) is 7.93. The molecule has 0 amide bonds. The second-order valence-electron chi connectivity index (χ2n) is 3.71. The Morgan fingerprint density at radius 3 is 2.50 bits per heavy atom. The lowest BCUT2D eigenvalue weighted by Crippen LogP contribution is -2.51. The van der Waals surface area contributed by atoms with Crippen molar-refractivity contribution in [1.82, 2.24) is 0 Å². The standard InChI is InChI=1S/C8H14O5S/c1-2-8(7(10)11)5-14(12,13)4-3-6(8)9/h6,9H,2-5H2,1H3,(H,10,11). The van der Waals surface area contributed by atoms with Crippen molar-refractivity contribution in [3.63, 3.8) is 0 Å². The Morgan fingerprint density at radius 2 is 2.14 bits per heavy atom. The van der Waals surface area contributed by atoms with Crippen LogP contribution >= 0.6 is 0 Å². The first kappa shape index (κ1) is 11.5. The molecule has 1 aliphatic heterocycles. The number of carboxylic acid groups (broad SMARTS) is 1. The molecule has 1 rings (SSSR count). The third-order valence-corrected chi connectivity index (χ3v) is 4.69. The number of hydrogen-bond acceptors (Lipinski definition) is 4. The summed E-state index contributed by atoms with van der Waals surface area (Å²) in [6.07, 6.45) is -0.918. The Labute approximate surface area is 82.7 Å². The van der Waals surface area contributed by atoms with Gasteiger partial charge in [-0.05, 0) is 12.8 Å². The van der Waals surface area contributed by atoms with Gasteiger partial charge in [-0.3, -0.25) is 4.79 Å². The zero-order valence-corrected chi connectivity index (χ0v) is 8.75. The van der Waals surface area contributed by atoms with E-state index in [1.165, 1.54) is 0 Å². The molecule has 0 aromatic rings. The molecule has 6 heteroatoms. The predicted octanol–water partition coefficient (Wildman–Crippen LogP) is -0.353. The highest BCUT2D eigenvalue weighted by molar-refractivity contribution is 7.91. The van der Waals surface area contributed by atoms with Crippen molar-refractivity contribution in [2.24, 2.45) is 5.41 Å². The smallest absolute Gasteiger partial charge is 0.313 e. The molecular formula is C8H14O5S. The number of aliphatic hydroxyl groups excluding tert-OH is 1. The van der Waals surface area contributed by atoms with Gasteiger partial charge in [-0.15, -0.1) is 0 Å². The molecule has 0 radical (unpaired) electrons. The van der Waals surface area contributed by atoms with Crippen LogP contribution in [0.25, 0.3) is 0 Å². The second-order valence-corrected chi connectivity index (χ2v) is 5.90. The van der Waals surface area contributed by atoms with E-state index in [0.717, 1.165) is 0 Å². The molecule has 0 aromatic heterocycles. The molecule has 0 bridgehead atoms. The molecule has 0 aliphatic carbocycles. The van der Waals surface area contributed by atoms with E-state index in [0.29, 0.717) is 0 Å². The van der Waals surface area contributed by atoms with Crippen LogP contribution in [0.5, 0.6) is 0 Å². The number of hydrogen-bond donors (Lipinski definition) is 2. The highest BCUT2D eigenvalue weighted by Crippen LogP contribution is 2.35. The van der Waals surface area contributed by atoms with Crippen molar-refractivity contribution >= 4 is 15.8 Å². The minimum Gasteiger partial charge on any atom is -0.481 e. The van der Waals surface area contributed by atoms with Crippen molar-refractivity contribution in [1.29, 1.82) is 0 Å². The maximum absolute atomic E-state index is 11.3. The van der Waals surface area contributed by atoms with Gasteiger partial charge < -0.3 is 10.2 Å². The molecule has 0 saturated carbocycles. The molecule has 2 unspecified atom stereocenters. The average molecular weight is 222 g/mol. The molecule has 82 valence electrons. The lowest BCUT2D eigenvalue weighted by atomic mass is 9.80. The van der Waals surface area contributed by atoms with Crippen LogP contribution in [0, 0.1) is 5.41 Å². The van der Waals surface area contributed by atoms with Crippen LogP contribution in [0.4, 0.5) is 0 Å². The van der Waals surface area contributed by atoms with Crippen LogP contribution in [-0.4, -0.2) is 42.2 Å². The summed E-state index contributed by atoms with van der Waals surface area (Å²) >= 11 is 0.